The highest BCUT2D eigenvalue weighted by molar-refractivity contribution is 7.10. The van der Waals surface area contributed by atoms with E-state index in [1.807, 2.05) is 0 Å². The molecule has 0 N–H and O–H groups in total. The van der Waals surface area contributed by atoms with Crippen molar-refractivity contribution in [2.24, 2.45) is 0 Å². The molecule has 1 aromatic heterocycles. The summed E-state index contributed by atoms with van der Waals surface area (Å²) in [4.78, 5) is 1.31. The maximum absolute atomic E-state index is 5.42. The molecule has 0 unspecified atom stereocenters. The van der Waals surface area contributed by atoms with E-state index in [9.17, 15) is 0 Å². The number of thiophene rings is 1. The Morgan fingerprint density at radius 3 is 2.55 bits per heavy atom. The largest absolute Gasteiger partial charge is 0.147 e. The van der Waals surface area contributed by atoms with Crippen LogP contribution < -0.4 is 0 Å². The van der Waals surface area contributed by atoms with Crippen molar-refractivity contribution < 1.29 is 0 Å². The van der Waals surface area contributed by atoms with Gasteiger partial charge in [-0.15, -0.1) is 17.8 Å². The van der Waals surface area contributed by atoms with Crippen LogP contribution in [0.15, 0.2) is 11.4 Å². The van der Waals surface area contributed by atoms with Crippen molar-refractivity contribution in [2.75, 3.05) is 0 Å². The van der Waals surface area contributed by atoms with Gasteiger partial charge in [-0.2, -0.15) is 0 Å². The lowest BCUT2D eigenvalue weighted by molar-refractivity contribution is 0.711. The summed E-state index contributed by atoms with van der Waals surface area (Å²) in [5, 5.41) is 2.09. The summed E-state index contributed by atoms with van der Waals surface area (Å²) in [6, 6.07) is 2.11. The van der Waals surface area contributed by atoms with Crippen LogP contribution in [0, 0.1) is 19.3 Å². The van der Waals surface area contributed by atoms with Crippen molar-refractivity contribution in [2.45, 2.75) is 26.2 Å². The Balaban J connectivity index is 3.13. The smallest absolute Gasteiger partial charge is 0.0599 e. The molecule has 0 aliphatic carbocycles. The predicted molar refractivity (Wildman–Crippen MR) is 50.9 cm³/mol. The SMILES string of the molecule is C#CC(C)(C)c1sccc1C. The molecule has 0 aliphatic rings. The van der Waals surface area contributed by atoms with Gasteiger partial charge < -0.3 is 0 Å². The zero-order valence-corrected chi connectivity index (χ0v) is 7.96. The first-order valence-electron chi connectivity index (χ1n) is 3.60. The molecule has 1 heterocycles. The second-order valence-electron chi connectivity index (χ2n) is 3.20. The van der Waals surface area contributed by atoms with Crippen molar-refractivity contribution in [1.82, 2.24) is 0 Å². The maximum Gasteiger partial charge on any atom is 0.0599 e. The fourth-order valence-electron chi connectivity index (χ4n) is 1.08. The first-order chi connectivity index (χ1) is 5.08. The van der Waals surface area contributed by atoms with Gasteiger partial charge in [-0.3, -0.25) is 0 Å². The van der Waals surface area contributed by atoms with E-state index in [1.165, 1.54) is 10.4 Å². The molecule has 0 fully saturated rings. The van der Waals surface area contributed by atoms with E-state index >= 15 is 0 Å². The number of aryl methyl sites for hydroxylation is 1. The van der Waals surface area contributed by atoms with Gasteiger partial charge in [0.15, 0.2) is 0 Å². The van der Waals surface area contributed by atoms with Crippen LogP contribution in [-0.4, -0.2) is 0 Å². The van der Waals surface area contributed by atoms with E-state index in [0.717, 1.165) is 0 Å². The maximum atomic E-state index is 5.42. The number of hydrogen-bond acceptors (Lipinski definition) is 1. The van der Waals surface area contributed by atoms with Crippen LogP contribution in [0.5, 0.6) is 0 Å². The van der Waals surface area contributed by atoms with Crippen LogP contribution >= 0.6 is 11.3 Å². The van der Waals surface area contributed by atoms with Crippen LogP contribution in [0.25, 0.3) is 0 Å². The minimum atomic E-state index is -0.0990. The molecule has 1 rings (SSSR count). The molecule has 1 aromatic rings. The highest BCUT2D eigenvalue weighted by atomic mass is 32.1. The fourth-order valence-corrected chi connectivity index (χ4v) is 2.09. The summed E-state index contributed by atoms with van der Waals surface area (Å²) in [5.74, 6) is 2.79. The van der Waals surface area contributed by atoms with E-state index in [4.69, 9.17) is 6.42 Å². The number of hydrogen-bond donors (Lipinski definition) is 0. The average Bonchev–Trinajstić information content (AvgIpc) is 2.36. The summed E-state index contributed by atoms with van der Waals surface area (Å²) in [6.07, 6.45) is 5.42. The van der Waals surface area contributed by atoms with Gasteiger partial charge >= 0.3 is 0 Å². The van der Waals surface area contributed by atoms with Gasteiger partial charge in [0.1, 0.15) is 0 Å². The lowest BCUT2D eigenvalue weighted by atomic mass is 9.91. The van der Waals surface area contributed by atoms with Crippen LogP contribution in [-0.2, 0) is 5.41 Å². The molecule has 0 aromatic carbocycles. The fraction of sp³-hybridized carbons (Fsp3) is 0.400. The van der Waals surface area contributed by atoms with Crippen molar-refractivity contribution in [1.29, 1.82) is 0 Å². The molecule has 0 nitrogen and oxygen atoms in total. The third kappa shape index (κ3) is 1.46. The van der Waals surface area contributed by atoms with E-state index in [0.29, 0.717) is 0 Å². The van der Waals surface area contributed by atoms with Crippen LogP contribution in [0.2, 0.25) is 0 Å². The standard InChI is InChI=1S/C10H12S/c1-5-10(3,4)9-8(2)6-7-11-9/h1,6-7H,2-4H3. The van der Waals surface area contributed by atoms with Gasteiger partial charge in [0.25, 0.3) is 0 Å². The Morgan fingerprint density at radius 2 is 2.18 bits per heavy atom. The van der Waals surface area contributed by atoms with Gasteiger partial charge in [0.05, 0.1) is 5.41 Å². The molecule has 0 aliphatic heterocycles. The topological polar surface area (TPSA) is 0 Å². The lowest BCUT2D eigenvalue weighted by Crippen LogP contribution is -2.12. The minimum absolute atomic E-state index is 0.0990. The highest BCUT2D eigenvalue weighted by Gasteiger charge is 2.20. The first kappa shape index (κ1) is 8.36. The molecule has 11 heavy (non-hydrogen) atoms. The Labute approximate surface area is 72.3 Å². The van der Waals surface area contributed by atoms with E-state index in [1.54, 1.807) is 11.3 Å². The van der Waals surface area contributed by atoms with Crippen molar-refractivity contribution >= 4 is 11.3 Å². The Morgan fingerprint density at radius 1 is 1.55 bits per heavy atom. The van der Waals surface area contributed by atoms with Crippen LogP contribution in [0.1, 0.15) is 24.3 Å². The van der Waals surface area contributed by atoms with Gasteiger partial charge in [-0.25, -0.2) is 0 Å². The Kier molecular flexibility index (Phi) is 2.06. The average molecular weight is 164 g/mol. The van der Waals surface area contributed by atoms with Crippen molar-refractivity contribution in [3.63, 3.8) is 0 Å². The molecule has 0 amide bonds. The third-order valence-electron chi connectivity index (χ3n) is 1.79. The molecule has 0 saturated carbocycles. The van der Waals surface area contributed by atoms with Crippen LogP contribution in [0.4, 0.5) is 0 Å². The van der Waals surface area contributed by atoms with E-state index in [2.05, 4.69) is 38.1 Å². The van der Waals surface area contributed by atoms with Gasteiger partial charge in [0.2, 0.25) is 0 Å². The van der Waals surface area contributed by atoms with Crippen LogP contribution in [0.3, 0.4) is 0 Å². The predicted octanol–water partition coefficient (Wildman–Crippen LogP) is 2.97. The summed E-state index contributed by atoms with van der Waals surface area (Å²) in [7, 11) is 0. The summed E-state index contributed by atoms with van der Waals surface area (Å²) >= 11 is 1.74. The normalized spacial score (nSPS) is 11.1. The molecular weight excluding hydrogens is 152 g/mol. The number of rotatable bonds is 1. The van der Waals surface area contributed by atoms with Crippen molar-refractivity contribution in [3.05, 3.63) is 21.9 Å². The summed E-state index contributed by atoms with van der Waals surface area (Å²) in [6.45, 7) is 6.25. The summed E-state index contributed by atoms with van der Waals surface area (Å²) in [5.41, 5.74) is 1.20. The Hall–Kier alpha value is -0.740. The molecule has 0 radical (unpaired) electrons. The first-order valence-corrected chi connectivity index (χ1v) is 4.48. The molecule has 0 spiro atoms. The minimum Gasteiger partial charge on any atom is -0.147 e. The quantitative estimate of drug-likeness (QED) is 0.560. The van der Waals surface area contributed by atoms with Gasteiger partial charge in [-0.05, 0) is 37.8 Å². The molecule has 58 valence electrons. The zero-order valence-electron chi connectivity index (χ0n) is 7.14. The monoisotopic (exact) mass is 164 g/mol. The Bertz CT molecular complexity index is 286. The molecule has 0 saturated heterocycles. The second kappa shape index (κ2) is 2.71. The molecule has 1 heteroatoms. The molecule has 0 atom stereocenters. The lowest BCUT2D eigenvalue weighted by Gasteiger charge is -2.16. The van der Waals surface area contributed by atoms with E-state index in [-0.39, 0.29) is 5.41 Å². The highest BCUT2D eigenvalue weighted by Crippen LogP contribution is 2.29. The van der Waals surface area contributed by atoms with Gasteiger partial charge in [-0.1, -0.05) is 5.92 Å². The van der Waals surface area contributed by atoms with E-state index < -0.39 is 0 Å². The van der Waals surface area contributed by atoms with Crippen molar-refractivity contribution in [3.8, 4) is 12.3 Å². The third-order valence-corrected chi connectivity index (χ3v) is 3.13. The molecular formula is C10H12S. The molecule has 0 bridgehead atoms. The zero-order chi connectivity index (χ0) is 8.48. The second-order valence-corrected chi connectivity index (χ2v) is 4.12. The number of terminal acetylenes is 1. The van der Waals surface area contributed by atoms with Gasteiger partial charge in [0, 0.05) is 4.88 Å². The summed E-state index contributed by atoms with van der Waals surface area (Å²) < 4.78 is 0.